The quantitative estimate of drug-likeness (QED) is 0.587. The summed E-state index contributed by atoms with van der Waals surface area (Å²) >= 11 is 6.03. The van der Waals surface area contributed by atoms with E-state index >= 15 is 0 Å². The van der Waals surface area contributed by atoms with E-state index in [0.29, 0.717) is 23.2 Å². The summed E-state index contributed by atoms with van der Waals surface area (Å²) in [4.78, 5) is 11.9. The van der Waals surface area contributed by atoms with Crippen molar-refractivity contribution in [2.45, 2.75) is 6.92 Å². The van der Waals surface area contributed by atoms with Crippen molar-refractivity contribution in [3.8, 4) is 22.9 Å². The van der Waals surface area contributed by atoms with E-state index in [-0.39, 0.29) is 19.1 Å². The minimum absolute atomic E-state index is 0.116. The highest BCUT2D eigenvalue weighted by Gasteiger charge is 2.06. The van der Waals surface area contributed by atoms with Gasteiger partial charge in [-0.05, 0) is 30.7 Å². The topological polar surface area (TPSA) is 73.3 Å². The Bertz CT molecular complexity index is 918. The predicted molar refractivity (Wildman–Crippen MR) is 108 cm³/mol. The first-order valence-corrected chi connectivity index (χ1v) is 9.17. The Labute approximate surface area is 168 Å². The second-order valence-corrected chi connectivity index (χ2v) is 6.45. The van der Waals surface area contributed by atoms with Gasteiger partial charge in [-0.3, -0.25) is 4.79 Å². The molecule has 0 spiro atoms. The number of hydrogen-bond donors (Lipinski definition) is 1. The Kier molecular flexibility index (Phi) is 6.81. The molecule has 0 bridgehead atoms. The van der Waals surface area contributed by atoms with E-state index in [0.717, 1.165) is 16.8 Å². The van der Waals surface area contributed by atoms with Gasteiger partial charge in [0.2, 0.25) is 5.88 Å². The predicted octanol–water partition coefficient (Wildman–Crippen LogP) is 3.68. The number of ether oxygens (including phenoxy) is 2. The fourth-order valence-corrected chi connectivity index (χ4v) is 2.59. The molecule has 0 saturated heterocycles. The van der Waals surface area contributed by atoms with Crippen LogP contribution in [-0.4, -0.2) is 35.9 Å². The van der Waals surface area contributed by atoms with Crippen molar-refractivity contribution < 1.29 is 14.3 Å². The number of benzene rings is 2. The molecule has 0 unspecified atom stereocenters. The number of rotatable bonds is 8. The molecule has 0 radical (unpaired) electrons. The van der Waals surface area contributed by atoms with E-state index in [9.17, 15) is 4.79 Å². The van der Waals surface area contributed by atoms with Crippen LogP contribution in [0.1, 0.15) is 5.56 Å². The number of nitrogens with one attached hydrogen (secondary N) is 1. The molecular formula is C21H20ClN3O3. The SMILES string of the molecule is Cc1ccc(Cl)c(OCC(=O)NCCOc2ccc(-c3ccccc3)nn2)c1. The monoisotopic (exact) mass is 397 g/mol. The van der Waals surface area contributed by atoms with Crippen LogP contribution in [0.15, 0.2) is 60.7 Å². The van der Waals surface area contributed by atoms with E-state index < -0.39 is 0 Å². The molecule has 28 heavy (non-hydrogen) atoms. The van der Waals surface area contributed by atoms with Gasteiger partial charge in [0.25, 0.3) is 5.91 Å². The van der Waals surface area contributed by atoms with Gasteiger partial charge in [0.15, 0.2) is 6.61 Å². The lowest BCUT2D eigenvalue weighted by Crippen LogP contribution is -2.32. The van der Waals surface area contributed by atoms with Crippen molar-refractivity contribution in [2.24, 2.45) is 0 Å². The standard InChI is InChI=1S/C21H20ClN3O3/c1-15-7-8-17(22)19(13-15)28-14-20(26)23-11-12-27-21-10-9-18(24-25-21)16-5-3-2-4-6-16/h2-10,13H,11-12,14H2,1H3,(H,23,26). The number of nitrogens with zero attached hydrogens (tertiary/aromatic N) is 2. The number of aromatic nitrogens is 2. The van der Waals surface area contributed by atoms with E-state index in [1.165, 1.54) is 0 Å². The molecule has 3 aromatic rings. The number of aryl methyl sites for hydroxylation is 1. The lowest BCUT2D eigenvalue weighted by Gasteiger charge is -2.10. The van der Waals surface area contributed by atoms with Gasteiger partial charge in [-0.2, -0.15) is 0 Å². The zero-order valence-corrected chi connectivity index (χ0v) is 16.1. The maximum atomic E-state index is 11.9. The molecule has 1 amide bonds. The maximum Gasteiger partial charge on any atom is 0.258 e. The smallest absolute Gasteiger partial charge is 0.258 e. The Morgan fingerprint density at radius 3 is 2.61 bits per heavy atom. The molecule has 1 N–H and O–H groups in total. The van der Waals surface area contributed by atoms with Crippen LogP contribution in [0.4, 0.5) is 0 Å². The third kappa shape index (κ3) is 5.69. The number of amides is 1. The summed E-state index contributed by atoms with van der Waals surface area (Å²) in [5, 5.41) is 11.4. The number of carbonyl (C=O) groups is 1. The fourth-order valence-electron chi connectivity index (χ4n) is 2.42. The molecule has 0 aliphatic heterocycles. The molecule has 0 fully saturated rings. The summed E-state index contributed by atoms with van der Waals surface area (Å²) < 4.78 is 10.9. The zero-order valence-electron chi connectivity index (χ0n) is 15.4. The normalized spacial score (nSPS) is 10.4. The summed E-state index contributed by atoms with van der Waals surface area (Å²) in [6.45, 7) is 2.41. The average Bonchev–Trinajstić information content (AvgIpc) is 2.73. The lowest BCUT2D eigenvalue weighted by molar-refractivity contribution is -0.123. The van der Waals surface area contributed by atoms with Gasteiger partial charge < -0.3 is 14.8 Å². The molecule has 7 heteroatoms. The first-order valence-electron chi connectivity index (χ1n) is 8.79. The summed E-state index contributed by atoms with van der Waals surface area (Å²) in [7, 11) is 0. The summed E-state index contributed by atoms with van der Waals surface area (Å²) in [6.07, 6.45) is 0. The fraction of sp³-hybridized carbons (Fsp3) is 0.190. The Hall–Kier alpha value is -3.12. The second-order valence-electron chi connectivity index (χ2n) is 6.04. The number of hydrogen-bond acceptors (Lipinski definition) is 5. The highest BCUT2D eigenvalue weighted by molar-refractivity contribution is 6.32. The van der Waals surface area contributed by atoms with Crippen molar-refractivity contribution in [2.75, 3.05) is 19.8 Å². The largest absolute Gasteiger partial charge is 0.482 e. The molecule has 1 aromatic heterocycles. The summed E-state index contributed by atoms with van der Waals surface area (Å²) in [5.74, 6) is 0.630. The number of carbonyl (C=O) groups excluding carboxylic acids is 1. The first-order chi connectivity index (χ1) is 13.6. The molecule has 2 aromatic carbocycles. The highest BCUT2D eigenvalue weighted by atomic mass is 35.5. The first kappa shape index (κ1) is 19.6. The molecule has 0 aliphatic rings. The Morgan fingerprint density at radius 1 is 1.04 bits per heavy atom. The van der Waals surface area contributed by atoms with Crippen LogP contribution < -0.4 is 14.8 Å². The van der Waals surface area contributed by atoms with Crippen molar-refractivity contribution >= 4 is 17.5 Å². The van der Waals surface area contributed by atoms with E-state index in [4.69, 9.17) is 21.1 Å². The summed E-state index contributed by atoms with van der Waals surface area (Å²) in [5.41, 5.74) is 2.77. The molecule has 1 heterocycles. The Balaban J connectivity index is 1.38. The van der Waals surface area contributed by atoms with Gasteiger partial charge in [0.05, 0.1) is 17.3 Å². The minimum atomic E-state index is -0.258. The van der Waals surface area contributed by atoms with E-state index in [1.54, 1.807) is 18.2 Å². The van der Waals surface area contributed by atoms with Gasteiger partial charge in [-0.25, -0.2) is 0 Å². The van der Waals surface area contributed by atoms with Crippen LogP contribution in [0.25, 0.3) is 11.3 Å². The molecule has 0 atom stereocenters. The van der Waals surface area contributed by atoms with Crippen LogP contribution in [0.2, 0.25) is 5.02 Å². The molecule has 3 rings (SSSR count). The van der Waals surface area contributed by atoms with E-state index in [1.807, 2.05) is 49.4 Å². The zero-order chi connectivity index (χ0) is 19.8. The summed E-state index contributed by atoms with van der Waals surface area (Å²) in [6, 6.07) is 18.8. The van der Waals surface area contributed by atoms with Crippen molar-refractivity contribution in [3.05, 3.63) is 71.2 Å². The van der Waals surface area contributed by atoms with Crippen LogP contribution >= 0.6 is 11.6 Å². The molecule has 0 saturated carbocycles. The highest BCUT2D eigenvalue weighted by Crippen LogP contribution is 2.25. The van der Waals surface area contributed by atoms with Crippen molar-refractivity contribution in [1.29, 1.82) is 0 Å². The maximum absolute atomic E-state index is 11.9. The van der Waals surface area contributed by atoms with Gasteiger partial charge in [-0.15, -0.1) is 10.2 Å². The lowest BCUT2D eigenvalue weighted by atomic mass is 10.1. The van der Waals surface area contributed by atoms with Crippen LogP contribution in [0.3, 0.4) is 0 Å². The molecule has 6 nitrogen and oxygen atoms in total. The average molecular weight is 398 g/mol. The second kappa shape index (κ2) is 9.71. The van der Waals surface area contributed by atoms with Gasteiger partial charge in [-0.1, -0.05) is 48.0 Å². The van der Waals surface area contributed by atoms with Gasteiger partial charge in [0, 0.05) is 11.6 Å². The third-order valence-corrected chi connectivity index (χ3v) is 4.14. The van der Waals surface area contributed by atoms with Crippen LogP contribution in [0, 0.1) is 6.92 Å². The molecule has 0 aliphatic carbocycles. The van der Waals surface area contributed by atoms with Gasteiger partial charge in [0.1, 0.15) is 12.4 Å². The molecule has 144 valence electrons. The van der Waals surface area contributed by atoms with Crippen molar-refractivity contribution in [1.82, 2.24) is 15.5 Å². The van der Waals surface area contributed by atoms with Gasteiger partial charge >= 0.3 is 0 Å². The van der Waals surface area contributed by atoms with Crippen LogP contribution in [-0.2, 0) is 4.79 Å². The molecular weight excluding hydrogens is 378 g/mol. The van der Waals surface area contributed by atoms with Crippen LogP contribution in [0.5, 0.6) is 11.6 Å². The van der Waals surface area contributed by atoms with Crippen molar-refractivity contribution in [3.63, 3.8) is 0 Å². The number of halogens is 1. The minimum Gasteiger partial charge on any atom is -0.482 e. The third-order valence-electron chi connectivity index (χ3n) is 3.83. The van der Waals surface area contributed by atoms with E-state index in [2.05, 4.69) is 15.5 Å². The Morgan fingerprint density at radius 2 is 1.86 bits per heavy atom.